The third-order valence-corrected chi connectivity index (χ3v) is 2.48. The van der Waals surface area contributed by atoms with Gasteiger partial charge < -0.3 is 14.4 Å². The van der Waals surface area contributed by atoms with Gasteiger partial charge in [-0.25, -0.2) is 4.79 Å². The molecule has 0 atom stereocenters. The van der Waals surface area contributed by atoms with Gasteiger partial charge in [0.2, 0.25) is 5.88 Å². The molecule has 1 aliphatic heterocycles. The predicted molar refractivity (Wildman–Crippen MR) is 57.2 cm³/mol. The standard InChI is InChI=1S/C10H12N2O4/c1-12-3-4-16-9-7(12)5-6(8(13)11-9)10(14)15-2/h5H,3-4H2,1-2H3,(H,11,13). The number of pyridine rings is 1. The molecule has 0 bridgehead atoms. The van der Waals surface area contributed by atoms with Crippen LogP contribution in [0.15, 0.2) is 10.9 Å². The third kappa shape index (κ3) is 1.62. The second kappa shape index (κ2) is 3.88. The number of H-pyrrole nitrogens is 1. The van der Waals surface area contributed by atoms with Crippen LogP contribution in [0.2, 0.25) is 0 Å². The minimum absolute atomic E-state index is 0.0152. The maximum Gasteiger partial charge on any atom is 0.343 e. The van der Waals surface area contributed by atoms with Crippen LogP contribution in [0.3, 0.4) is 0 Å². The first-order valence-electron chi connectivity index (χ1n) is 4.83. The molecule has 0 amide bonds. The quantitative estimate of drug-likeness (QED) is 0.679. The number of rotatable bonds is 1. The number of likely N-dealkylation sites (N-methyl/N-ethyl adjacent to an activating group) is 1. The molecular weight excluding hydrogens is 212 g/mol. The Morgan fingerprint density at radius 1 is 1.62 bits per heavy atom. The summed E-state index contributed by atoms with van der Waals surface area (Å²) in [6.07, 6.45) is 0. The van der Waals surface area contributed by atoms with Gasteiger partial charge in [0.25, 0.3) is 5.56 Å². The lowest BCUT2D eigenvalue weighted by molar-refractivity contribution is 0.0598. The molecule has 2 heterocycles. The lowest BCUT2D eigenvalue weighted by atomic mass is 10.2. The van der Waals surface area contributed by atoms with Crippen LogP contribution in [0.25, 0.3) is 0 Å². The van der Waals surface area contributed by atoms with Crippen molar-refractivity contribution in [1.82, 2.24) is 4.98 Å². The molecule has 0 fully saturated rings. The topological polar surface area (TPSA) is 71.6 Å². The van der Waals surface area contributed by atoms with Crippen molar-refractivity contribution in [2.45, 2.75) is 0 Å². The van der Waals surface area contributed by atoms with Gasteiger partial charge in [0.05, 0.1) is 19.3 Å². The summed E-state index contributed by atoms with van der Waals surface area (Å²) in [5, 5.41) is 0. The van der Waals surface area contributed by atoms with Gasteiger partial charge >= 0.3 is 5.97 Å². The summed E-state index contributed by atoms with van der Waals surface area (Å²) in [7, 11) is 3.10. The van der Waals surface area contributed by atoms with E-state index in [1.54, 1.807) is 0 Å². The summed E-state index contributed by atoms with van der Waals surface area (Å²) in [5.74, 6) is -0.255. The Balaban J connectivity index is 2.54. The number of carbonyl (C=O) groups is 1. The Morgan fingerprint density at radius 3 is 3.06 bits per heavy atom. The number of nitrogens with one attached hydrogen (secondary N) is 1. The first-order valence-corrected chi connectivity index (χ1v) is 4.83. The molecule has 0 saturated carbocycles. The fourth-order valence-electron chi connectivity index (χ4n) is 1.56. The van der Waals surface area contributed by atoms with Gasteiger partial charge in [-0.2, -0.15) is 0 Å². The molecule has 1 N–H and O–H groups in total. The van der Waals surface area contributed by atoms with Crippen molar-refractivity contribution in [1.29, 1.82) is 0 Å². The number of nitrogens with zero attached hydrogens (tertiary/aromatic N) is 1. The summed E-state index contributed by atoms with van der Waals surface area (Å²) in [6, 6.07) is 1.49. The maximum atomic E-state index is 11.5. The summed E-state index contributed by atoms with van der Waals surface area (Å²) in [4.78, 5) is 27.3. The van der Waals surface area contributed by atoms with E-state index in [1.165, 1.54) is 13.2 Å². The molecular formula is C10H12N2O4. The smallest absolute Gasteiger partial charge is 0.343 e. The van der Waals surface area contributed by atoms with E-state index in [9.17, 15) is 9.59 Å². The molecule has 1 aromatic rings. The first-order chi connectivity index (χ1) is 7.63. The number of ether oxygens (including phenoxy) is 2. The molecule has 6 nitrogen and oxygen atoms in total. The Bertz CT molecular complexity index is 480. The minimum Gasteiger partial charge on any atom is -0.476 e. The zero-order valence-corrected chi connectivity index (χ0v) is 9.07. The monoisotopic (exact) mass is 224 g/mol. The first kappa shape index (κ1) is 10.5. The van der Waals surface area contributed by atoms with Gasteiger partial charge in [0, 0.05) is 7.05 Å². The highest BCUT2D eigenvalue weighted by Gasteiger charge is 2.20. The Morgan fingerprint density at radius 2 is 2.38 bits per heavy atom. The molecule has 0 aromatic carbocycles. The number of aromatic amines is 1. The zero-order valence-electron chi connectivity index (χ0n) is 9.07. The molecule has 6 heteroatoms. The number of fused-ring (bicyclic) bond motifs is 1. The zero-order chi connectivity index (χ0) is 11.7. The normalized spacial score (nSPS) is 14.0. The van der Waals surface area contributed by atoms with Crippen molar-refractivity contribution in [3.8, 4) is 5.88 Å². The van der Waals surface area contributed by atoms with Gasteiger partial charge in [-0.1, -0.05) is 0 Å². The highest BCUT2D eigenvalue weighted by Crippen LogP contribution is 2.27. The van der Waals surface area contributed by atoms with Crippen LogP contribution < -0.4 is 15.2 Å². The van der Waals surface area contributed by atoms with E-state index in [4.69, 9.17) is 4.74 Å². The molecule has 1 aliphatic rings. The van der Waals surface area contributed by atoms with Crippen molar-refractivity contribution in [2.24, 2.45) is 0 Å². The summed E-state index contributed by atoms with van der Waals surface area (Å²) < 4.78 is 9.82. The Hall–Kier alpha value is -1.98. The summed E-state index contributed by atoms with van der Waals surface area (Å²) in [6.45, 7) is 1.22. The number of hydrogen-bond acceptors (Lipinski definition) is 5. The van der Waals surface area contributed by atoms with Crippen molar-refractivity contribution in [3.63, 3.8) is 0 Å². The average molecular weight is 224 g/mol. The summed E-state index contributed by atoms with van der Waals surface area (Å²) >= 11 is 0. The molecule has 0 radical (unpaired) electrons. The van der Waals surface area contributed by atoms with Crippen LogP contribution in [0.1, 0.15) is 10.4 Å². The average Bonchev–Trinajstić information content (AvgIpc) is 2.28. The number of methoxy groups -OCH3 is 1. The molecule has 0 saturated heterocycles. The van der Waals surface area contributed by atoms with Crippen LogP contribution in [-0.4, -0.2) is 38.3 Å². The third-order valence-electron chi connectivity index (χ3n) is 2.48. The molecule has 1 aromatic heterocycles. The van der Waals surface area contributed by atoms with Crippen LogP contribution in [0.4, 0.5) is 5.69 Å². The molecule has 16 heavy (non-hydrogen) atoms. The van der Waals surface area contributed by atoms with E-state index in [2.05, 4.69) is 9.72 Å². The minimum atomic E-state index is -0.650. The van der Waals surface area contributed by atoms with E-state index in [0.29, 0.717) is 24.7 Å². The van der Waals surface area contributed by atoms with E-state index in [-0.39, 0.29) is 5.56 Å². The van der Waals surface area contributed by atoms with Crippen LogP contribution >= 0.6 is 0 Å². The molecule has 86 valence electrons. The second-order valence-electron chi connectivity index (χ2n) is 3.49. The van der Waals surface area contributed by atoms with E-state index < -0.39 is 11.5 Å². The second-order valence-corrected chi connectivity index (χ2v) is 3.49. The van der Waals surface area contributed by atoms with Crippen LogP contribution in [0.5, 0.6) is 5.88 Å². The van der Waals surface area contributed by atoms with Crippen molar-refractivity contribution in [3.05, 3.63) is 22.0 Å². The van der Waals surface area contributed by atoms with Crippen molar-refractivity contribution >= 4 is 11.7 Å². The lowest BCUT2D eigenvalue weighted by Gasteiger charge is -2.27. The number of anilines is 1. The Labute approximate surface area is 91.8 Å². The lowest BCUT2D eigenvalue weighted by Crippen LogP contribution is -2.32. The highest BCUT2D eigenvalue weighted by molar-refractivity contribution is 5.90. The maximum absolute atomic E-state index is 11.5. The van der Waals surface area contributed by atoms with Crippen LogP contribution in [0, 0.1) is 0 Å². The molecule has 0 aliphatic carbocycles. The molecule has 2 rings (SSSR count). The van der Waals surface area contributed by atoms with Crippen molar-refractivity contribution in [2.75, 3.05) is 32.2 Å². The molecule has 0 unspecified atom stereocenters. The van der Waals surface area contributed by atoms with Gasteiger partial charge in [-0.05, 0) is 6.07 Å². The fraction of sp³-hybridized carbons (Fsp3) is 0.400. The highest BCUT2D eigenvalue weighted by atomic mass is 16.5. The number of hydrogen-bond donors (Lipinski definition) is 1. The predicted octanol–water partition coefficient (Wildman–Crippen LogP) is -0.00990. The number of esters is 1. The fourth-order valence-corrected chi connectivity index (χ4v) is 1.56. The Kier molecular flexibility index (Phi) is 2.55. The van der Waals surface area contributed by atoms with E-state index in [1.807, 2.05) is 11.9 Å². The molecule has 0 spiro atoms. The van der Waals surface area contributed by atoms with Crippen molar-refractivity contribution < 1.29 is 14.3 Å². The largest absolute Gasteiger partial charge is 0.476 e. The van der Waals surface area contributed by atoms with Gasteiger partial charge in [-0.3, -0.25) is 9.78 Å². The number of carbonyl (C=O) groups excluding carboxylic acids is 1. The van der Waals surface area contributed by atoms with Crippen LogP contribution in [-0.2, 0) is 4.74 Å². The van der Waals surface area contributed by atoms with E-state index in [0.717, 1.165) is 0 Å². The SMILES string of the molecule is COC(=O)c1cc2c([nH]c1=O)OCCN2C. The van der Waals surface area contributed by atoms with Gasteiger partial charge in [0.1, 0.15) is 12.2 Å². The number of aromatic nitrogens is 1. The van der Waals surface area contributed by atoms with E-state index >= 15 is 0 Å². The summed E-state index contributed by atoms with van der Waals surface area (Å²) in [5.41, 5.74) is 0.172. The van der Waals surface area contributed by atoms with Gasteiger partial charge in [0.15, 0.2) is 0 Å². The van der Waals surface area contributed by atoms with Gasteiger partial charge in [-0.15, -0.1) is 0 Å².